The molecule has 41 heavy (non-hydrogen) atoms. The maximum atomic E-state index is 12.9. The number of rotatable bonds is 11. The third-order valence-electron chi connectivity index (χ3n) is 5.96. The number of nitrogens with zero attached hydrogens (tertiary/aromatic N) is 1. The predicted octanol–water partition coefficient (Wildman–Crippen LogP) is 8.40. The molecular formula is C33H28Cl2N2O4. The van der Waals surface area contributed by atoms with Gasteiger partial charge in [0.2, 0.25) is 0 Å². The summed E-state index contributed by atoms with van der Waals surface area (Å²) in [5.41, 5.74) is 4.20. The number of halogens is 2. The molecule has 1 amide bonds. The summed E-state index contributed by atoms with van der Waals surface area (Å²) in [6.45, 7) is 5.01. The molecule has 0 aromatic heterocycles. The van der Waals surface area contributed by atoms with Crippen molar-refractivity contribution in [3.05, 3.63) is 123 Å². The van der Waals surface area contributed by atoms with E-state index < -0.39 is 5.91 Å². The molecule has 0 aliphatic heterocycles. The van der Waals surface area contributed by atoms with Crippen molar-refractivity contribution in [2.24, 2.45) is 0 Å². The monoisotopic (exact) mass is 586 g/mol. The first-order valence-corrected chi connectivity index (χ1v) is 13.7. The minimum atomic E-state index is -0.529. The highest BCUT2D eigenvalue weighted by Gasteiger charge is 2.12. The molecule has 0 unspecified atom stereocenters. The van der Waals surface area contributed by atoms with Crippen molar-refractivity contribution in [3.63, 3.8) is 0 Å². The summed E-state index contributed by atoms with van der Waals surface area (Å²) in [7, 11) is 0. The van der Waals surface area contributed by atoms with Gasteiger partial charge < -0.3 is 19.5 Å². The van der Waals surface area contributed by atoms with Crippen LogP contribution in [-0.2, 0) is 18.0 Å². The molecule has 0 bridgehead atoms. The average molecular weight is 588 g/mol. The number of carbonyl (C=O) groups excluding carboxylic acids is 1. The minimum absolute atomic E-state index is 0.0587. The lowest BCUT2D eigenvalue weighted by molar-refractivity contribution is -0.112. The molecule has 4 aromatic rings. The third kappa shape index (κ3) is 8.52. The van der Waals surface area contributed by atoms with Crippen LogP contribution in [-0.4, -0.2) is 12.5 Å². The van der Waals surface area contributed by atoms with Gasteiger partial charge in [-0.1, -0.05) is 65.2 Å². The fraction of sp³-hybridized carbons (Fsp3) is 0.152. The Kier molecular flexibility index (Phi) is 10.3. The molecule has 0 spiro atoms. The van der Waals surface area contributed by atoms with Crippen LogP contribution >= 0.6 is 23.2 Å². The van der Waals surface area contributed by atoms with Gasteiger partial charge in [-0.05, 0) is 85.1 Å². The fourth-order valence-corrected chi connectivity index (χ4v) is 4.11. The molecule has 0 heterocycles. The molecule has 8 heteroatoms. The number of anilines is 1. The maximum absolute atomic E-state index is 12.9. The first-order valence-electron chi connectivity index (χ1n) is 12.9. The number of nitriles is 1. The standard InChI is InChI=1S/C33H28Cl2N2O4/c1-3-39-32-18-24(9-15-31(32)41-21-25-8-14-29(34)30(35)17-25)16-26(19-36)33(38)37-27-10-12-28(13-11-27)40-20-23-6-4-22(2)5-7-23/h4-18H,3,20-21H2,1-2H3,(H,37,38)/b26-16+. The molecule has 0 radical (unpaired) electrons. The van der Waals surface area contributed by atoms with Crippen molar-refractivity contribution in [2.75, 3.05) is 11.9 Å². The Bertz CT molecular complexity index is 1580. The first-order chi connectivity index (χ1) is 19.8. The zero-order chi connectivity index (χ0) is 29.2. The van der Waals surface area contributed by atoms with Gasteiger partial charge in [0.25, 0.3) is 5.91 Å². The van der Waals surface area contributed by atoms with Gasteiger partial charge in [-0.3, -0.25) is 4.79 Å². The van der Waals surface area contributed by atoms with E-state index in [1.165, 1.54) is 11.6 Å². The van der Waals surface area contributed by atoms with E-state index in [2.05, 4.69) is 5.32 Å². The summed E-state index contributed by atoms with van der Waals surface area (Å²) < 4.78 is 17.5. The lowest BCUT2D eigenvalue weighted by Gasteiger charge is -2.13. The molecule has 0 atom stereocenters. The SMILES string of the molecule is CCOc1cc(/C=C(\C#N)C(=O)Nc2ccc(OCc3ccc(C)cc3)cc2)ccc1OCc1ccc(Cl)c(Cl)c1. The normalized spacial score (nSPS) is 11.0. The summed E-state index contributed by atoms with van der Waals surface area (Å²) >= 11 is 12.1. The Morgan fingerprint density at radius 3 is 2.22 bits per heavy atom. The van der Waals surface area contributed by atoms with Gasteiger partial charge in [0.15, 0.2) is 11.5 Å². The van der Waals surface area contributed by atoms with E-state index in [0.29, 0.717) is 51.8 Å². The summed E-state index contributed by atoms with van der Waals surface area (Å²) in [5.74, 6) is 1.14. The summed E-state index contributed by atoms with van der Waals surface area (Å²) in [4.78, 5) is 12.9. The second kappa shape index (κ2) is 14.3. The number of hydrogen-bond acceptors (Lipinski definition) is 5. The number of ether oxygens (including phenoxy) is 3. The van der Waals surface area contributed by atoms with Gasteiger partial charge in [-0.15, -0.1) is 0 Å². The highest BCUT2D eigenvalue weighted by Crippen LogP contribution is 2.31. The molecular weight excluding hydrogens is 559 g/mol. The average Bonchev–Trinajstić information content (AvgIpc) is 2.97. The summed E-state index contributed by atoms with van der Waals surface area (Å²) in [5, 5.41) is 13.4. The Labute approximate surface area is 249 Å². The van der Waals surface area contributed by atoms with E-state index >= 15 is 0 Å². The fourth-order valence-electron chi connectivity index (χ4n) is 3.79. The molecule has 0 saturated heterocycles. The lowest BCUT2D eigenvalue weighted by atomic mass is 10.1. The smallest absolute Gasteiger partial charge is 0.266 e. The van der Waals surface area contributed by atoms with Crippen LogP contribution in [0.1, 0.15) is 29.2 Å². The van der Waals surface area contributed by atoms with Gasteiger partial charge in [-0.2, -0.15) is 5.26 Å². The van der Waals surface area contributed by atoms with Crippen molar-refractivity contribution < 1.29 is 19.0 Å². The molecule has 0 aliphatic rings. The van der Waals surface area contributed by atoms with Crippen LogP contribution in [0.2, 0.25) is 10.0 Å². The highest BCUT2D eigenvalue weighted by molar-refractivity contribution is 6.42. The lowest BCUT2D eigenvalue weighted by Crippen LogP contribution is -2.13. The number of amides is 1. The number of hydrogen-bond donors (Lipinski definition) is 1. The van der Waals surface area contributed by atoms with Crippen molar-refractivity contribution in [3.8, 4) is 23.3 Å². The van der Waals surface area contributed by atoms with Gasteiger partial charge in [-0.25, -0.2) is 0 Å². The minimum Gasteiger partial charge on any atom is -0.490 e. The Balaban J connectivity index is 1.40. The van der Waals surface area contributed by atoms with Crippen LogP contribution in [0.4, 0.5) is 5.69 Å². The molecule has 4 rings (SSSR count). The number of benzene rings is 4. The van der Waals surface area contributed by atoms with Crippen molar-refractivity contribution in [1.82, 2.24) is 0 Å². The molecule has 0 saturated carbocycles. The Morgan fingerprint density at radius 2 is 1.54 bits per heavy atom. The Hall–Kier alpha value is -4.44. The highest BCUT2D eigenvalue weighted by atomic mass is 35.5. The van der Waals surface area contributed by atoms with Crippen molar-refractivity contribution in [2.45, 2.75) is 27.1 Å². The van der Waals surface area contributed by atoms with Crippen LogP contribution in [0.25, 0.3) is 6.08 Å². The quantitative estimate of drug-likeness (QED) is 0.141. The van der Waals surface area contributed by atoms with Crippen LogP contribution in [0, 0.1) is 18.3 Å². The van der Waals surface area contributed by atoms with Crippen molar-refractivity contribution >= 4 is 40.9 Å². The summed E-state index contributed by atoms with van der Waals surface area (Å²) in [6.07, 6.45) is 1.50. The molecule has 6 nitrogen and oxygen atoms in total. The second-order valence-corrected chi connectivity index (χ2v) is 9.91. The van der Waals surface area contributed by atoms with Crippen LogP contribution in [0.5, 0.6) is 17.2 Å². The Morgan fingerprint density at radius 1 is 0.829 bits per heavy atom. The molecule has 0 aliphatic carbocycles. The van der Waals surface area contributed by atoms with E-state index in [-0.39, 0.29) is 12.2 Å². The van der Waals surface area contributed by atoms with Crippen LogP contribution in [0.3, 0.4) is 0 Å². The predicted molar refractivity (Wildman–Crippen MR) is 163 cm³/mol. The maximum Gasteiger partial charge on any atom is 0.266 e. The largest absolute Gasteiger partial charge is 0.490 e. The van der Waals surface area contributed by atoms with Crippen molar-refractivity contribution in [1.29, 1.82) is 5.26 Å². The molecule has 4 aromatic carbocycles. The van der Waals surface area contributed by atoms with E-state index in [1.54, 1.807) is 54.6 Å². The van der Waals surface area contributed by atoms with Gasteiger partial charge in [0.05, 0.1) is 16.7 Å². The third-order valence-corrected chi connectivity index (χ3v) is 6.70. The first kappa shape index (κ1) is 29.5. The van der Waals surface area contributed by atoms with Crippen LogP contribution in [0.15, 0.2) is 90.5 Å². The second-order valence-electron chi connectivity index (χ2n) is 9.10. The van der Waals surface area contributed by atoms with E-state index in [4.69, 9.17) is 37.4 Å². The van der Waals surface area contributed by atoms with Gasteiger partial charge in [0, 0.05) is 5.69 Å². The van der Waals surface area contributed by atoms with Crippen LogP contribution < -0.4 is 19.5 Å². The number of nitrogens with one attached hydrogen (secondary N) is 1. The number of aryl methyl sites for hydroxylation is 1. The van der Waals surface area contributed by atoms with E-state index in [9.17, 15) is 10.1 Å². The molecule has 0 fully saturated rings. The topological polar surface area (TPSA) is 80.6 Å². The number of carbonyl (C=O) groups is 1. The summed E-state index contributed by atoms with van der Waals surface area (Å²) in [6, 6.07) is 27.6. The van der Waals surface area contributed by atoms with Gasteiger partial charge >= 0.3 is 0 Å². The molecule has 208 valence electrons. The van der Waals surface area contributed by atoms with Gasteiger partial charge in [0.1, 0.15) is 30.6 Å². The zero-order valence-electron chi connectivity index (χ0n) is 22.6. The van der Waals surface area contributed by atoms with E-state index in [0.717, 1.165) is 11.1 Å². The zero-order valence-corrected chi connectivity index (χ0v) is 24.1. The van der Waals surface area contributed by atoms with E-state index in [1.807, 2.05) is 50.2 Å². The molecule has 1 N–H and O–H groups in total.